The van der Waals surface area contributed by atoms with Gasteiger partial charge in [-0.15, -0.1) is 0 Å². The fourth-order valence-corrected chi connectivity index (χ4v) is 3.58. The summed E-state index contributed by atoms with van der Waals surface area (Å²) in [5.74, 6) is -0.815. The maximum Gasteiger partial charge on any atom is 0.422 e. The van der Waals surface area contributed by atoms with Crippen molar-refractivity contribution in [1.82, 2.24) is 15.3 Å². The molecule has 1 saturated carbocycles. The second-order valence-corrected chi connectivity index (χ2v) is 7.41. The highest BCUT2D eigenvalue weighted by Crippen LogP contribution is 2.50. The predicted molar refractivity (Wildman–Crippen MR) is 101 cm³/mol. The third kappa shape index (κ3) is 4.24. The van der Waals surface area contributed by atoms with Crippen LogP contribution >= 0.6 is 0 Å². The summed E-state index contributed by atoms with van der Waals surface area (Å²) in [7, 11) is 0. The Kier molecular flexibility index (Phi) is 5.13. The van der Waals surface area contributed by atoms with E-state index in [1.165, 1.54) is 24.4 Å². The number of ether oxygens (including phenoxy) is 1. The van der Waals surface area contributed by atoms with Crippen LogP contribution in [0.15, 0.2) is 42.7 Å². The summed E-state index contributed by atoms with van der Waals surface area (Å²) in [5, 5.41) is 3.38. The molecule has 2 aromatic heterocycles. The summed E-state index contributed by atoms with van der Waals surface area (Å²) in [6.45, 7) is 0.344. The molecule has 4 rings (SSSR count). The van der Waals surface area contributed by atoms with E-state index < -0.39 is 18.8 Å². The first kappa shape index (κ1) is 20.2. The molecule has 1 amide bonds. The molecule has 0 radical (unpaired) electrons. The minimum absolute atomic E-state index is 0.00165. The lowest BCUT2D eigenvalue weighted by molar-refractivity contribution is -0.153. The number of benzene rings is 1. The summed E-state index contributed by atoms with van der Waals surface area (Å²) in [6, 6.07) is 7.27. The van der Waals surface area contributed by atoms with Gasteiger partial charge in [-0.1, -0.05) is 6.07 Å². The number of carbonyl (C=O) groups excluding carboxylic acids is 1. The molecular weight excluding hydrogens is 402 g/mol. The van der Waals surface area contributed by atoms with E-state index in [0.29, 0.717) is 23.0 Å². The third-order valence-corrected chi connectivity index (χ3v) is 5.18. The van der Waals surface area contributed by atoms with Gasteiger partial charge in [-0.25, -0.2) is 4.39 Å². The van der Waals surface area contributed by atoms with Crippen molar-refractivity contribution in [3.63, 3.8) is 0 Å². The van der Waals surface area contributed by atoms with E-state index in [4.69, 9.17) is 0 Å². The van der Waals surface area contributed by atoms with E-state index in [2.05, 4.69) is 20.0 Å². The standard InChI is InChI=1S/C21H19F4N3O2/c1-11(17-6-5-12(8-26-17)30-10-21(23,24)25)28-20(29)14-7-13(14)15-9-27-18-4-2-3-16(22)19(15)18/h2-6,8-9,11,13-14,27H,7,10H2,1H3,(H,28,29). The van der Waals surface area contributed by atoms with Gasteiger partial charge < -0.3 is 15.0 Å². The maximum atomic E-state index is 14.2. The van der Waals surface area contributed by atoms with Crippen molar-refractivity contribution in [3.8, 4) is 5.75 Å². The van der Waals surface area contributed by atoms with Crippen LogP contribution in [0, 0.1) is 11.7 Å². The second kappa shape index (κ2) is 7.62. The van der Waals surface area contributed by atoms with Crippen LogP contribution in [0.4, 0.5) is 17.6 Å². The number of nitrogens with zero attached hydrogens (tertiary/aromatic N) is 1. The Balaban J connectivity index is 1.36. The number of H-pyrrole nitrogens is 1. The highest BCUT2D eigenvalue weighted by molar-refractivity contribution is 5.88. The molecule has 3 atom stereocenters. The van der Waals surface area contributed by atoms with Crippen molar-refractivity contribution in [2.75, 3.05) is 6.61 Å². The number of halogens is 4. The Morgan fingerprint density at radius 3 is 2.83 bits per heavy atom. The molecule has 0 aliphatic heterocycles. The number of alkyl halides is 3. The van der Waals surface area contributed by atoms with Crippen LogP contribution in [0.5, 0.6) is 5.75 Å². The Hall–Kier alpha value is -3.10. The fourth-order valence-electron chi connectivity index (χ4n) is 3.58. The van der Waals surface area contributed by atoms with Gasteiger partial charge in [-0.3, -0.25) is 9.78 Å². The van der Waals surface area contributed by atoms with Crippen molar-refractivity contribution in [2.45, 2.75) is 31.5 Å². The summed E-state index contributed by atoms with van der Waals surface area (Å²) < 4.78 is 55.4. The van der Waals surface area contributed by atoms with Gasteiger partial charge in [-0.05, 0) is 49.1 Å². The lowest BCUT2D eigenvalue weighted by atomic mass is 10.1. The number of pyridine rings is 1. The molecule has 3 unspecified atom stereocenters. The number of fused-ring (bicyclic) bond motifs is 1. The molecule has 1 aliphatic carbocycles. The van der Waals surface area contributed by atoms with Crippen LogP contribution in [0.3, 0.4) is 0 Å². The lowest BCUT2D eigenvalue weighted by Crippen LogP contribution is -2.29. The van der Waals surface area contributed by atoms with Crippen LogP contribution in [-0.2, 0) is 4.79 Å². The van der Waals surface area contributed by atoms with Gasteiger partial charge in [0.1, 0.15) is 11.6 Å². The Morgan fingerprint density at radius 2 is 2.13 bits per heavy atom. The molecule has 1 aromatic carbocycles. The largest absolute Gasteiger partial charge is 0.483 e. The van der Waals surface area contributed by atoms with E-state index in [1.807, 2.05) is 0 Å². The summed E-state index contributed by atoms with van der Waals surface area (Å²) in [6.07, 6.45) is -0.860. The second-order valence-electron chi connectivity index (χ2n) is 7.41. The molecule has 0 bridgehead atoms. The molecule has 2 heterocycles. The van der Waals surface area contributed by atoms with Gasteiger partial charge in [0.25, 0.3) is 0 Å². The zero-order valence-corrected chi connectivity index (χ0v) is 16.0. The number of aromatic nitrogens is 2. The van der Waals surface area contributed by atoms with Gasteiger partial charge in [0.2, 0.25) is 5.91 Å². The zero-order valence-electron chi connectivity index (χ0n) is 16.0. The predicted octanol–water partition coefficient (Wildman–Crippen LogP) is 4.62. The normalized spacial score (nSPS) is 19.5. The SMILES string of the molecule is CC(NC(=O)C1CC1c1c[nH]c2cccc(F)c12)c1ccc(OCC(F)(F)F)cn1. The summed E-state index contributed by atoms with van der Waals surface area (Å²) in [4.78, 5) is 19.7. The molecule has 0 spiro atoms. The molecule has 1 aliphatic rings. The van der Waals surface area contributed by atoms with Crippen molar-refractivity contribution in [2.24, 2.45) is 5.92 Å². The van der Waals surface area contributed by atoms with Crippen LogP contribution < -0.4 is 10.1 Å². The molecule has 0 saturated heterocycles. The van der Waals surface area contributed by atoms with Crippen molar-refractivity contribution in [1.29, 1.82) is 0 Å². The fraction of sp³-hybridized carbons (Fsp3) is 0.333. The van der Waals surface area contributed by atoms with Crippen LogP contribution in [0.25, 0.3) is 10.9 Å². The van der Waals surface area contributed by atoms with E-state index in [9.17, 15) is 22.4 Å². The van der Waals surface area contributed by atoms with Crippen molar-refractivity contribution < 1.29 is 27.1 Å². The van der Waals surface area contributed by atoms with Gasteiger partial charge >= 0.3 is 6.18 Å². The Bertz CT molecular complexity index is 1060. The van der Waals surface area contributed by atoms with Gasteiger partial charge in [-0.2, -0.15) is 13.2 Å². The Labute approximate surface area is 169 Å². The lowest BCUT2D eigenvalue weighted by Gasteiger charge is -2.14. The molecule has 9 heteroatoms. The topological polar surface area (TPSA) is 67.0 Å². The van der Waals surface area contributed by atoms with E-state index in [0.717, 1.165) is 5.56 Å². The molecule has 158 valence electrons. The molecule has 2 N–H and O–H groups in total. The average molecular weight is 421 g/mol. The first-order valence-corrected chi connectivity index (χ1v) is 9.44. The number of carbonyl (C=O) groups is 1. The number of nitrogens with one attached hydrogen (secondary N) is 2. The van der Waals surface area contributed by atoms with Crippen molar-refractivity contribution >= 4 is 16.8 Å². The third-order valence-electron chi connectivity index (χ3n) is 5.18. The summed E-state index contributed by atoms with van der Waals surface area (Å²) >= 11 is 0. The summed E-state index contributed by atoms with van der Waals surface area (Å²) in [5.41, 5.74) is 1.99. The van der Waals surface area contributed by atoms with Gasteiger partial charge in [0.15, 0.2) is 6.61 Å². The quantitative estimate of drug-likeness (QED) is 0.571. The number of rotatable bonds is 6. The molecular formula is C21H19F4N3O2. The van der Waals surface area contributed by atoms with Gasteiger partial charge in [0, 0.05) is 23.0 Å². The average Bonchev–Trinajstić information content (AvgIpc) is 3.38. The van der Waals surface area contributed by atoms with E-state index in [1.54, 1.807) is 25.3 Å². The minimum Gasteiger partial charge on any atom is -0.483 e. The highest BCUT2D eigenvalue weighted by atomic mass is 19.4. The highest BCUT2D eigenvalue weighted by Gasteiger charge is 2.45. The smallest absolute Gasteiger partial charge is 0.422 e. The van der Waals surface area contributed by atoms with Crippen LogP contribution in [0.1, 0.15) is 36.6 Å². The minimum atomic E-state index is -4.42. The van der Waals surface area contributed by atoms with Crippen molar-refractivity contribution in [3.05, 3.63) is 59.8 Å². The molecule has 3 aromatic rings. The van der Waals surface area contributed by atoms with Gasteiger partial charge in [0.05, 0.1) is 17.9 Å². The molecule has 5 nitrogen and oxygen atoms in total. The Morgan fingerprint density at radius 1 is 1.33 bits per heavy atom. The van der Waals surface area contributed by atoms with Crippen LogP contribution in [-0.4, -0.2) is 28.7 Å². The van der Waals surface area contributed by atoms with Crippen LogP contribution in [0.2, 0.25) is 0 Å². The number of aromatic amines is 1. The van der Waals surface area contributed by atoms with E-state index >= 15 is 0 Å². The number of hydrogen-bond donors (Lipinski definition) is 2. The van der Waals surface area contributed by atoms with E-state index in [-0.39, 0.29) is 29.3 Å². The first-order valence-electron chi connectivity index (χ1n) is 9.44. The molecule has 30 heavy (non-hydrogen) atoms. The number of hydrogen-bond acceptors (Lipinski definition) is 3. The monoisotopic (exact) mass is 421 g/mol. The first-order chi connectivity index (χ1) is 14.2. The zero-order chi connectivity index (χ0) is 21.5. The number of amides is 1. The molecule has 1 fully saturated rings. The maximum absolute atomic E-state index is 14.2.